The molecule has 0 saturated heterocycles. The molecule has 1 aromatic carbocycles. The van der Waals surface area contributed by atoms with Crippen LogP contribution in [-0.2, 0) is 0 Å². The number of benzene rings is 1. The largest absolute Gasteiger partial charge is 0.478 e. The van der Waals surface area contributed by atoms with Gasteiger partial charge in [-0.1, -0.05) is 39.8 Å². The van der Waals surface area contributed by atoms with Gasteiger partial charge in [0.25, 0.3) is 0 Å². The smallest absolute Gasteiger partial charge is 0.335 e. The van der Waals surface area contributed by atoms with Crippen LogP contribution >= 0.6 is 12.4 Å². The maximum atomic E-state index is 11.1. The molecule has 2 nitrogen and oxygen atoms in total. The number of hydrogen-bond acceptors (Lipinski definition) is 1. The molecule has 0 aliphatic rings. The Kier molecular flexibility index (Phi) is 5.52. The quantitative estimate of drug-likeness (QED) is 0.868. The van der Waals surface area contributed by atoms with Gasteiger partial charge in [0.15, 0.2) is 0 Å². The van der Waals surface area contributed by atoms with Gasteiger partial charge < -0.3 is 5.11 Å². The highest BCUT2D eigenvalue weighted by Crippen LogP contribution is 2.29. The molecule has 16 heavy (non-hydrogen) atoms. The van der Waals surface area contributed by atoms with Crippen molar-refractivity contribution in [2.24, 2.45) is 0 Å². The number of carboxylic acids is 1. The Balaban J connectivity index is 0.00000225. The van der Waals surface area contributed by atoms with E-state index in [0.717, 1.165) is 11.1 Å². The summed E-state index contributed by atoms with van der Waals surface area (Å²) in [5.41, 5.74) is 2.56. The number of hydrogen-bond donors (Lipinski definition) is 1. The molecule has 0 bridgehead atoms. The zero-order chi connectivity index (χ0) is 11.6. The van der Waals surface area contributed by atoms with Crippen molar-refractivity contribution < 1.29 is 9.90 Å². The topological polar surface area (TPSA) is 37.3 Å². The molecular weight excluding hydrogens is 224 g/mol. The molecule has 0 saturated carbocycles. The van der Waals surface area contributed by atoms with Crippen LogP contribution in [0.15, 0.2) is 18.2 Å². The minimum absolute atomic E-state index is 0. The van der Waals surface area contributed by atoms with E-state index in [1.165, 1.54) is 0 Å². The highest BCUT2D eigenvalue weighted by atomic mass is 35.5. The summed E-state index contributed by atoms with van der Waals surface area (Å²) in [6.45, 7) is 8.25. The van der Waals surface area contributed by atoms with Gasteiger partial charge in [-0.3, -0.25) is 0 Å². The van der Waals surface area contributed by atoms with E-state index in [9.17, 15) is 4.79 Å². The molecule has 3 heteroatoms. The van der Waals surface area contributed by atoms with Gasteiger partial charge in [-0.05, 0) is 29.0 Å². The minimum Gasteiger partial charge on any atom is -0.478 e. The standard InChI is InChI=1S/C13H18O2.ClH/c1-8(2)10-6-5-7-11(13(14)15)12(10)9(3)4;/h5-9H,1-4H3,(H,14,15);1H. The molecule has 1 rings (SSSR count). The Morgan fingerprint density at radius 3 is 2.06 bits per heavy atom. The molecule has 0 radical (unpaired) electrons. The van der Waals surface area contributed by atoms with E-state index in [2.05, 4.69) is 13.8 Å². The summed E-state index contributed by atoms with van der Waals surface area (Å²) in [5, 5.41) is 9.12. The molecule has 0 heterocycles. The summed E-state index contributed by atoms with van der Waals surface area (Å²) < 4.78 is 0. The predicted octanol–water partition coefficient (Wildman–Crippen LogP) is 4.05. The van der Waals surface area contributed by atoms with Crippen LogP contribution in [0.25, 0.3) is 0 Å². The third kappa shape index (κ3) is 2.99. The minimum atomic E-state index is -0.832. The van der Waals surface area contributed by atoms with Crippen LogP contribution in [0.2, 0.25) is 0 Å². The molecule has 0 fully saturated rings. The summed E-state index contributed by atoms with van der Waals surface area (Å²) in [6.07, 6.45) is 0. The fourth-order valence-electron chi connectivity index (χ4n) is 1.92. The first-order chi connectivity index (χ1) is 6.95. The summed E-state index contributed by atoms with van der Waals surface area (Å²) >= 11 is 0. The van der Waals surface area contributed by atoms with Crippen molar-refractivity contribution >= 4 is 18.4 Å². The second-order valence-electron chi connectivity index (χ2n) is 4.42. The zero-order valence-electron chi connectivity index (χ0n) is 10.2. The highest BCUT2D eigenvalue weighted by Gasteiger charge is 2.17. The van der Waals surface area contributed by atoms with Gasteiger partial charge in [0.05, 0.1) is 5.56 Å². The van der Waals surface area contributed by atoms with Crippen molar-refractivity contribution in [1.82, 2.24) is 0 Å². The van der Waals surface area contributed by atoms with Gasteiger partial charge in [-0.15, -0.1) is 12.4 Å². The molecular formula is C13H19ClO2. The fraction of sp³-hybridized carbons (Fsp3) is 0.462. The molecule has 1 aromatic rings. The Labute approximate surface area is 103 Å². The molecule has 0 aliphatic heterocycles. The van der Waals surface area contributed by atoms with Gasteiger partial charge in [0.1, 0.15) is 0 Å². The van der Waals surface area contributed by atoms with Crippen molar-refractivity contribution in [3.8, 4) is 0 Å². The summed E-state index contributed by atoms with van der Waals surface area (Å²) in [5.74, 6) is -0.224. The first-order valence-electron chi connectivity index (χ1n) is 5.31. The van der Waals surface area contributed by atoms with Crippen molar-refractivity contribution in [3.05, 3.63) is 34.9 Å². The van der Waals surface area contributed by atoms with Gasteiger partial charge >= 0.3 is 5.97 Å². The number of carbonyl (C=O) groups is 1. The number of aromatic carboxylic acids is 1. The lowest BCUT2D eigenvalue weighted by Gasteiger charge is -2.18. The van der Waals surface area contributed by atoms with Crippen LogP contribution in [0.3, 0.4) is 0 Å². The lowest BCUT2D eigenvalue weighted by molar-refractivity contribution is 0.0695. The second kappa shape index (κ2) is 5.90. The van der Waals surface area contributed by atoms with E-state index in [4.69, 9.17) is 5.11 Å². The molecule has 0 amide bonds. The normalized spacial score (nSPS) is 10.4. The molecule has 1 N–H and O–H groups in total. The third-order valence-electron chi connectivity index (χ3n) is 2.57. The molecule has 0 aromatic heterocycles. The molecule has 0 atom stereocenters. The van der Waals surface area contributed by atoms with Gasteiger partial charge in [-0.25, -0.2) is 4.79 Å². The van der Waals surface area contributed by atoms with Crippen LogP contribution in [0.5, 0.6) is 0 Å². The maximum Gasteiger partial charge on any atom is 0.335 e. The number of halogens is 1. The number of rotatable bonds is 3. The summed E-state index contributed by atoms with van der Waals surface area (Å²) in [6, 6.07) is 5.53. The fourth-order valence-corrected chi connectivity index (χ4v) is 1.92. The SMILES string of the molecule is CC(C)c1cccc(C(=O)O)c1C(C)C.Cl. The molecule has 0 aliphatic carbocycles. The third-order valence-corrected chi connectivity index (χ3v) is 2.57. The lowest BCUT2D eigenvalue weighted by atomic mass is 9.87. The van der Waals surface area contributed by atoms with Crippen LogP contribution in [0.1, 0.15) is 61.0 Å². The van der Waals surface area contributed by atoms with Crippen molar-refractivity contribution in [2.45, 2.75) is 39.5 Å². The van der Waals surface area contributed by atoms with Crippen LogP contribution < -0.4 is 0 Å². The van der Waals surface area contributed by atoms with Crippen molar-refractivity contribution in [2.75, 3.05) is 0 Å². The lowest BCUT2D eigenvalue weighted by Crippen LogP contribution is -2.08. The Hall–Kier alpha value is -1.02. The summed E-state index contributed by atoms with van der Waals surface area (Å²) in [4.78, 5) is 11.1. The summed E-state index contributed by atoms with van der Waals surface area (Å²) in [7, 11) is 0. The zero-order valence-corrected chi connectivity index (χ0v) is 11.0. The molecule has 0 unspecified atom stereocenters. The van der Waals surface area contributed by atoms with E-state index in [1.54, 1.807) is 6.07 Å². The van der Waals surface area contributed by atoms with Gasteiger partial charge in [0, 0.05) is 0 Å². The first kappa shape index (κ1) is 15.0. The first-order valence-corrected chi connectivity index (χ1v) is 5.31. The van der Waals surface area contributed by atoms with E-state index < -0.39 is 5.97 Å². The Morgan fingerprint density at radius 1 is 1.12 bits per heavy atom. The average molecular weight is 243 g/mol. The second-order valence-corrected chi connectivity index (χ2v) is 4.42. The van der Waals surface area contributed by atoms with E-state index >= 15 is 0 Å². The van der Waals surface area contributed by atoms with Gasteiger partial charge in [0.2, 0.25) is 0 Å². The van der Waals surface area contributed by atoms with Crippen LogP contribution in [-0.4, -0.2) is 11.1 Å². The molecule has 90 valence electrons. The predicted molar refractivity (Wildman–Crippen MR) is 68.8 cm³/mol. The van der Waals surface area contributed by atoms with Crippen LogP contribution in [0, 0.1) is 0 Å². The van der Waals surface area contributed by atoms with Crippen molar-refractivity contribution in [1.29, 1.82) is 0 Å². The number of carboxylic acid groups (broad SMARTS) is 1. The molecule has 0 spiro atoms. The average Bonchev–Trinajstić information content (AvgIpc) is 2.16. The Bertz CT molecular complexity index is 370. The van der Waals surface area contributed by atoms with Crippen molar-refractivity contribution in [3.63, 3.8) is 0 Å². The highest BCUT2D eigenvalue weighted by molar-refractivity contribution is 5.90. The monoisotopic (exact) mass is 242 g/mol. The van der Waals surface area contributed by atoms with Crippen LogP contribution in [0.4, 0.5) is 0 Å². The van der Waals surface area contributed by atoms with E-state index in [-0.39, 0.29) is 18.3 Å². The Morgan fingerprint density at radius 2 is 1.69 bits per heavy atom. The van der Waals surface area contributed by atoms with E-state index in [1.807, 2.05) is 26.0 Å². The maximum absolute atomic E-state index is 11.1. The van der Waals surface area contributed by atoms with E-state index in [0.29, 0.717) is 11.5 Å². The van der Waals surface area contributed by atoms with Gasteiger partial charge in [-0.2, -0.15) is 0 Å².